The van der Waals surface area contributed by atoms with Crippen LogP contribution in [0.4, 0.5) is 0 Å². The number of nitrogens with two attached hydrogens (primary N) is 1. The number of benzene rings is 1. The van der Waals surface area contributed by atoms with Gasteiger partial charge in [-0.1, -0.05) is 6.07 Å². The number of likely N-dealkylation sites (N-methyl/N-ethyl adjacent to an activating group) is 1. The Bertz CT molecular complexity index is 474. The van der Waals surface area contributed by atoms with Crippen molar-refractivity contribution in [1.82, 2.24) is 4.31 Å². The maximum absolute atomic E-state index is 12.1. The smallest absolute Gasteiger partial charge is 0.243 e. The zero-order chi connectivity index (χ0) is 12.3. The standard InChI is InChI=1S/C10H15BrN2O2S/c1-8-3-4-10(9(11)7-8)16(14,15)13(2)6-5-12/h3-4,7H,5-6,12H2,1-2H3. The molecule has 0 radical (unpaired) electrons. The van der Waals surface area contributed by atoms with Gasteiger partial charge in [0.1, 0.15) is 0 Å². The highest BCUT2D eigenvalue weighted by molar-refractivity contribution is 9.10. The van der Waals surface area contributed by atoms with Crippen molar-refractivity contribution in [1.29, 1.82) is 0 Å². The predicted octanol–water partition coefficient (Wildman–Crippen LogP) is 1.34. The molecule has 0 spiro atoms. The second-order valence-corrected chi connectivity index (χ2v) is 6.42. The first-order chi connectivity index (χ1) is 7.39. The molecule has 90 valence electrons. The van der Waals surface area contributed by atoms with Crippen LogP contribution in [0.3, 0.4) is 0 Å². The van der Waals surface area contributed by atoms with Crippen LogP contribution in [0, 0.1) is 6.92 Å². The summed E-state index contributed by atoms with van der Waals surface area (Å²) in [6.07, 6.45) is 0. The molecule has 0 amide bonds. The Balaban J connectivity index is 3.17. The number of halogens is 1. The van der Waals surface area contributed by atoms with Crippen LogP contribution in [-0.2, 0) is 10.0 Å². The molecule has 0 aliphatic rings. The van der Waals surface area contributed by atoms with E-state index in [9.17, 15) is 8.42 Å². The van der Waals surface area contributed by atoms with Gasteiger partial charge in [0.2, 0.25) is 10.0 Å². The number of hydrogen-bond acceptors (Lipinski definition) is 3. The molecule has 0 atom stereocenters. The maximum Gasteiger partial charge on any atom is 0.243 e. The summed E-state index contributed by atoms with van der Waals surface area (Å²) in [5.41, 5.74) is 6.36. The van der Waals surface area contributed by atoms with Crippen molar-refractivity contribution in [2.24, 2.45) is 5.73 Å². The number of rotatable bonds is 4. The Hall–Kier alpha value is -0.430. The summed E-state index contributed by atoms with van der Waals surface area (Å²) in [6, 6.07) is 5.15. The molecule has 0 aliphatic carbocycles. The van der Waals surface area contributed by atoms with E-state index in [2.05, 4.69) is 15.9 Å². The van der Waals surface area contributed by atoms with Crippen LogP contribution in [0.1, 0.15) is 5.56 Å². The average Bonchev–Trinajstić information content (AvgIpc) is 2.17. The maximum atomic E-state index is 12.1. The highest BCUT2D eigenvalue weighted by atomic mass is 79.9. The Morgan fingerprint density at radius 2 is 2.06 bits per heavy atom. The molecule has 4 nitrogen and oxygen atoms in total. The van der Waals surface area contributed by atoms with E-state index in [1.54, 1.807) is 18.2 Å². The normalized spacial score (nSPS) is 12.1. The summed E-state index contributed by atoms with van der Waals surface area (Å²) in [7, 11) is -1.92. The minimum atomic E-state index is -3.44. The van der Waals surface area contributed by atoms with Crippen molar-refractivity contribution in [2.45, 2.75) is 11.8 Å². The molecule has 0 fully saturated rings. The van der Waals surface area contributed by atoms with Crippen molar-refractivity contribution in [2.75, 3.05) is 20.1 Å². The fourth-order valence-corrected chi connectivity index (χ4v) is 3.62. The molecule has 0 aromatic heterocycles. The molecule has 0 unspecified atom stereocenters. The van der Waals surface area contributed by atoms with Crippen molar-refractivity contribution in [3.8, 4) is 0 Å². The lowest BCUT2D eigenvalue weighted by Crippen LogP contribution is -2.31. The Morgan fingerprint density at radius 3 is 2.56 bits per heavy atom. The van der Waals surface area contributed by atoms with E-state index in [4.69, 9.17) is 5.73 Å². The fraction of sp³-hybridized carbons (Fsp3) is 0.400. The van der Waals surface area contributed by atoms with Gasteiger partial charge >= 0.3 is 0 Å². The molecule has 1 aromatic rings. The first-order valence-corrected chi connectivity index (χ1v) is 7.05. The highest BCUT2D eigenvalue weighted by Crippen LogP contribution is 2.25. The first kappa shape index (κ1) is 13.6. The summed E-state index contributed by atoms with van der Waals surface area (Å²) in [5, 5.41) is 0. The molecule has 0 bridgehead atoms. The summed E-state index contributed by atoms with van der Waals surface area (Å²) >= 11 is 3.27. The van der Waals surface area contributed by atoms with Crippen LogP contribution in [-0.4, -0.2) is 32.9 Å². The first-order valence-electron chi connectivity index (χ1n) is 4.82. The number of sulfonamides is 1. The van der Waals surface area contributed by atoms with Gasteiger partial charge < -0.3 is 5.73 Å². The number of aryl methyl sites for hydroxylation is 1. The SMILES string of the molecule is Cc1ccc(S(=O)(=O)N(C)CCN)c(Br)c1. The van der Waals surface area contributed by atoms with Crippen molar-refractivity contribution < 1.29 is 8.42 Å². The molecular weight excluding hydrogens is 292 g/mol. The number of hydrogen-bond donors (Lipinski definition) is 1. The Kier molecular flexibility index (Phi) is 4.49. The van der Waals surface area contributed by atoms with E-state index in [-0.39, 0.29) is 4.90 Å². The molecule has 6 heteroatoms. The van der Waals surface area contributed by atoms with E-state index in [0.29, 0.717) is 17.6 Å². The Labute approximate surface area is 105 Å². The molecule has 2 N–H and O–H groups in total. The van der Waals surface area contributed by atoms with Crippen LogP contribution in [0.15, 0.2) is 27.6 Å². The number of nitrogens with zero attached hydrogens (tertiary/aromatic N) is 1. The van der Waals surface area contributed by atoms with Crippen molar-refractivity contribution >= 4 is 26.0 Å². The van der Waals surface area contributed by atoms with Crippen LogP contribution >= 0.6 is 15.9 Å². The summed E-state index contributed by atoms with van der Waals surface area (Å²) in [5.74, 6) is 0. The molecule has 0 heterocycles. The second-order valence-electron chi connectivity index (χ2n) is 3.55. The van der Waals surface area contributed by atoms with Gasteiger partial charge in [-0.15, -0.1) is 0 Å². The van der Waals surface area contributed by atoms with Crippen molar-refractivity contribution in [3.05, 3.63) is 28.2 Å². The predicted molar refractivity (Wildman–Crippen MR) is 67.7 cm³/mol. The monoisotopic (exact) mass is 306 g/mol. The third kappa shape index (κ3) is 2.82. The minimum absolute atomic E-state index is 0.272. The summed E-state index contributed by atoms with van der Waals surface area (Å²) < 4.78 is 26.0. The van der Waals surface area contributed by atoms with E-state index in [0.717, 1.165) is 5.56 Å². The molecule has 16 heavy (non-hydrogen) atoms. The topological polar surface area (TPSA) is 63.4 Å². The van der Waals surface area contributed by atoms with Crippen LogP contribution in [0.5, 0.6) is 0 Å². The lowest BCUT2D eigenvalue weighted by molar-refractivity contribution is 0.476. The van der Waals surface area contributed by atoms with Gasteiger partial charge in [-0.05, 0) is 40.5 Å². The summed E-state index contributed by atoms with van der Waals surface area (Å²) in [4.78, 5) is 0.272. The molecule has 0 saturated carbocycles. The third-order valence-corrected chi connectivity index (χ3v) is 5.05. The highest BCUT2D eigenvalue weighted by Gasteiger charge is 2.22. The van der Waals surface area contributed by atoms with Gasteiger partial charge in [0.05, 0.1) is 4.90 Å². The van der Waals surface area contributed by atoms with Crippen LogP contribution < -0.4 is 5.73 Å². The lowest BCUT2D eigenvalue weighted by atomic mass is 10.2. The average molecular weight is 307 g/mol. The molecule has 1 aromatic carbocycles. The van der Waals surface area contributed by atoms with Gasteiger partial charge in [-0.2, -0.15) is 4.31 Å². The summed E-state index contributed by atoms with van der Waals surface area (Å²) in [6.45, 7) is 2.52. The van der Waals surface area contributed by atoms with Crippen LogP contribution in [0.2, 0.25) is 0 Å². The lowest BCUT2D eigenvalue weighted by Gasteiger charge is -2.17. The van der Waals surface area contributed by atoms with E-state index in [1.807, 2.05) is 6.92 Å². The second kappa shape index (κ2) is 5.27. The van der Waals surface area contributed by atoms with E-state index in [1.165, 1.54) is 11.4 Å². The fourth-order valence-electron chi connectivity index (χ4n) is 1.28. The van der Waals surface area contributed by atoms with Gasteiger partial charge in [0, 0.05) is 24.6 Å². The third-order valence-electron chi connectivity index (χ3n) is 2.22. The largest absolute Gasteiger partial charge is 0.329 e. The molecule has 1 rings (SSSR count). The van der Waals surface area contributed by atoms with Crippen LogP contribution in [0.25, 0.3) is 0 Å². The zero-order valence-corrected chi connectivity index (χ0v) is 11.7. The Morgan fingerprint density at radius 1 is 1.44 bits per heavy atom. The van der Waals surface area contributed by atoms with Gasteiger partial charge in [-0.25, -0.2) is 8.42 Å². The minimum Gasteiger partial charge on any atom is -0.329 e. The molecule has 0 saturated heterocycles. The van der Waals surface area contributed by atoms with Crippen molar-refractivity contribution in [3.63, 3.8) is 0 Å². The molecular formula is C10H15BrN2O2S. The van der Waals surface area contributed by atoms with E-state index < -0.39 is 10.0 Å². The van der Waals surface area contributed by atoms with E-state index >= 15 is 0 Å². The van der Waals surface area contributed by atoms with Gasteiger partial charge in [0.15, 0.2) is 0 Å². The molecule has 0 aliphatic heterocycles. The zero-order valence-electron chi connectivity index (χ0n) is 9.27. The van der Waals surface area contributed by atoms with Gasteiger partial charge in [0.25, 0.3) is 0 Å². The quantitative estimate of drug-likeness (QED) is 0.913. The van der Waals surface area contributed by atoms with Gasteiger partial charge in [-0.3, -0.25) is 0 Å².